The molecule has 0 amide bonds. The Morgan fingerprint density at radius 1 is 1.27 bits per heavy atom. The number of likely N-dealkylation sites (N-methyl/N-ethyl adjacent to an activating group) is 1. The van der Waals surface area contributed by atoms with Gasteiger partial charge in [-0.15, -0.1) is 0 Å². The van der Waals surface area contributed by atoms with Crippen LogP contribution in [-0.2, 0) is 19.1 Å². The highest BCUT2D eigenvalue weighted by Gasteiger charge is 2.34. The molecule has 0 radical (unpaired) electrons. The van der Waals surface area contributed by atoms with Gasteiger partial charge >= 0.3 is 6.18 Å². The molecule has 1 aliphatic heterocycles. The minimum absolute atomic E-state index is 0.381. The second-order valence-electron chi connectivity index (χ2n) is 6.38. The lowest BCUT2D eigenvalue weighted by atomic mass is 10.0. The van der Waals surface area contributed by atoms with E-state index in [1.165, 1.54) is 6.07 Å². The second-order valence-corrected chi connectivity index (χ2v) is 6.38. The molecule has 0 aromatic heterocycles. The van der Waals surface area contributed by atoms with Gasteiger partial charge in [-0.2, -0.15) is 13.2 Å². The molecule has 0 N–H and O–H groups in total. The molecule has 1 aromatic rings. The summed E-state index contributed by atoms with van der Waals surface area (Å²) in [5.41, 5.74) is 0.699. The number of halogens is 3. The summed E-state index contributed by atoms with van der Waals surface area (Å²) in [5.74, 6) is 0. The summed E-state index contributed by atoms with van der Waals surface area (Å²) in [7, 11) is 4.05. The van der Waals surface area contributed by atoms with Gasteiger partial charge in [0.05, 0.1) is 5.56 Å². The first kappa shape index (κ1) is 17.3. The maximum atomic E-state index is 13.3. The number of alkyl halides is 3. The van der Waals surface area contributed by atoms with Gasteiger partial charge in [0.15, 0.2) is 0 Å². The van der Waals surface area contributed by atoms with Gasteiger partial charge in [0, 0.05) is 25.7 Å². The number of hydrogen-bond donors (Lipinski definition) is 0. The minimum Gasteiger partial charge on any atom is -0.305 e. The SMILES string of the molecule is CCCc1ccc(CN2CCC(N(C)C)C2)c(C(F)(F)F)c1. The zero-order valence-electron chi connectivity index (χ0n) is 13.6. The quantitative estimate of drug-likeness (QED) is 0.816. The van der Waals surface area contributed by atoms with Crippen LogP contribution in [0.2, 0.25) is 0 Å². The first-order valence-corrected chi connectivity index (χ1v) is 7.89. The first-order chi connectivity index (χ1) is 10.3. The fourth-order valence-corrected chi connectivity index (χ4v) is 3.09. The van der Waals surface area contributed by atoms with Crippen molar-refractivity contribution in [2.75, 3.05) is 27.2 Å². The predicted molar refractivity (Wildman–Crippen MR) is 82.8 cm³/mol. The number of likely N-dealkylation sites (tertiary alicyclic amines) is 1. The van der Waals surface area contributed by atoms with Crippen LogP contribution >= 0.6 is 0 Å². The van der Waals surface area contributed by atoms with Gasteiger partial charge in [-0.05, 0) is 44.1 Å². The van der Waals surface area contributed by atoms with Gasteiger partial charge in [-0.1, -0.05) is 25.5 Å². The lowest BCUT2D eigenvalue weighted by Gasteiger charge is -2.22. The largest absolute Gasteiger partial charge is 0.416 e. The molecule has 5 heteroatoms. The topological polar surface area (TPSA) is 6.48 Å². The summed E-state index contributed by atoms with van der Waals surface area (Å²) < 4.78 is 40.0. The molecule has 22 heavy (non-hydrogen) atoms. The van der Waals surface area contributed by atoms with Gasteiger partial charge in [0.2, 0.25) is 0 Å². The average Bonchev–Trinajstić information content (AvgIpc) is 2.88. The van der Waals surface area contributed by atoms with E-state index in [1.54, 1.807) is 6.07 Å². The lowest BCUT2D eigenvalue weighted by Crippen LogP contribution is -2.31. The Morgan fingerprint density at radius 3 is 2.55 bits per heavy atom. The molecular weight excluding hydrogens is 289 g/mol. The number of nitrogens with zero attached hydrogens (tertiary/aromatic N) is 2. The molecule has 124 valence electrons. The third-order valence-electron chi connectivity index (χ3n) is 4.39. The third kappa shape index (κ3) is 4.23. The van der Waals surface area contributed by atoms with Crippen molar-refractivity contribution in [2.24, 2.45) is 0 Å². The van der Waals surface area contributed by atoms with Gasteiger partial charge in [-0.25, -0.2) is 0 Å². The lowest BCUT2D eigenvalue weighted by molar-refractivity contribution is -0.138. The van der Waals surface area contributed by atoms with Crippen LogP contribution in [0.5, 0.6) is 0 Å². The molecule has 0 bridgehead atoms. The van der Waals surface area contributed by atoms with E-state index in [0.717, 1.165) is 31.5 Å². The summed E-state index contributed by atoms with van der Waals surface area (Å²) in [5, 5.41) is 0. The van der Waals surface area contributed by atoms with Gasteiger partial charge in [-0.3, -0.25) is 4.90 Å². The second kappa shape index (κ2) is 7.01. The van der Waals surface area contributed by atoms with E-state index in [0.29, 0.717) is 24.6 Å². The molecule has 0 saturated carbocycles. The monoisotopic (exact) mass is 314 g/mol. The van der Waals surface area contributed by atoms with Gasteiger partial charge < -0.3 is 4.90 Å². The number of rotatable bonds is 5. The van der Waals surface area contributed by atoms with E-state index in [2.05, 4.69) is 9.80 Å². The van der Waals surface area contributed by atoms with Crippen molar-refractivity contribution in [3.63, 3.8) is 0 Å². The van der Waals surface area contributed by atoms with E-state index in [-0.39, 0.29) is 0 Å². The maximum Gasteiger partial charge on any atom is 0.416 e. The molecule has 2 nitrogen and oxygen atoms in total. The van der Waals surface area contributed by atoms with Crippen molar-refractivity contribution in [1.82, 2.24) is 9.80 Å². The van der Waals surface area contributed by atoms with Crippen LogP contribution in [0.15, 0.2) is 18.2 Å². The van der Waals surface area contributed by atoms with Crippen LogP contribution < -0.4 is 0 Å². The highest BCUT2D eigenvalue weighted by Crippen LogP contribution is 2.34. The molecule has 2 rings (SSSR count). The molecule has 0 aliphatic carbocycles. The summed E-state index contributed by atoms with van der Waals surface area (Å²) >= 11 is 0. The highest BCUT2D eigenvalue weighted by atomic mass is 19.4. The predicted octanol–water partition coefficient (Wildman–Crippen LogP) is 3.79. The molecule has 1 saturated heterocycles. The van der Waals surface area contributed by atoms with E-state index in [1.807, 2.05) is 27.1 Å². The van der Waals surface area contributed by atoms with E-state index in [9.17, 15) is 13.2 Å². The van der Waals surface area contributed by atoms with E-state index >= 15 is 0 Å². The Kier molecular flexibility index (Phi) is 5.50. The molecule has 1 heterocycles. The summed E-state index contributed by atoms with van der Waals surface area (Å²) in [6, 6.07) is 5.27. The number of aryl methyl sites for hydroxylation is 1. The Balaban J connectivity index is 2.16. The molecule has 0 spiro atoms. The van der Waals surface area contributed by atoms with Crippen molar-refractivity contribution in [2.45, 2.75) is 44.9 Å². The Hall–Kier alpha value is -1.07. The van der Waals surface area contributed by atoms with Crippen molar-refractivity contribution in [3.05, 3.63) is 34.9 Å². The Morgan fingerprint density at radius 2 is 2.00 bits per heavy atom. The summed E-state index contributed by atoms with van der Waals surface area (Å²) in [6.45, 7) is 4.05. The first-order valence-electron chi connectivity index (χ1n) is 7.89. The Labute approximate surface area is 130 Å². The summed E-state index contributed by atoms with van der Waals surface area (Å²) in [6.07, 6.45) is -1.72. The highest BCUT2D eigenvalue weighted by molar-refractivity contribution is 5.34. The van der Waals surface area contributed by atoms with Crippen molar-refractivity contribution in [1.29, 1.82) is 0 Å². The third-order valence-corrected chi connectivity index (χ3v) is 4.39. The van der Waals surface area contributed by atoms with Gasteiger partial charge in [0.25, 0.3) is 0 Å². The van der Waals surface area contributed by atoms with Crippen LogP contribution in [0.3, 0.4) is 0 Å². The van der Waals surface area contributed by atoms with Crippen LogP contribution in [0, 0.1) is 0 Å². The Bertz CT molecular complexity index is 497. The smallest absolute Gasteiger partial charge is 0.305 e. The van der Waals surface area contributed by atoms with Crippen molar-refractivity contribution in [3.8, 4) is 0 Å². The standard InChI is InChI=1S/C17H25F3N2/c1-4-5-13-6-7-14(16(10-13)17(18,19)20)11-22-9-8-15(12-22)21(2)3/h6-7,10,15H,4-5,8-9,11-12H2,1-3H3. The maximum absolute atomic E-state index is 13.3. The fourth-order valence-electron chi connectivity index (χ4n) is 3.09. The molecule has 1 fully saturated rings. The zero-order valence-corrected chi connectivity index (χ0v) is 13.6. The molecule has 1 unspecified atom stereocenters. The van der Waals surface area contributed by atoms with Crippen LogP contribution in [0.25, 0.3) is 0 Å². The van der Waals surface area contributed by atoms with Crippen molar-refractivity contribution < 1.29 is 13.2 Å². The zero-order chi connectivity index (χ0) is 16.3. The fraction of sp³-hybridized carbons (Fsp3) is 0.647. The van der Waals surface area contributed by atoms with E-state index < -0.39 is 11.7 Å². The normalized spacial score (nSPS) is 20.0. The van der Waals surface area contributed by atoms with Crippen LogP contribution in [-0.4, -0.2) is 43.0 Å². The van der Waals surface area contributed by atoms with Crippen molar-refractivity contribution >= 4 is 0 Å². The summed E-state index contributed by atoms with van der Waals surface area (Å²) in [4.78, 5) is 4.27. The molecule has 1 aromatic carbocycles. The van der Waals surface area contributed by atoms with Gasteiger partial charge in [0.1, 0.15) is 0 Å². The average molecular weight is 314 g/mol. The molecule has 1 aliphatic rings. The van der Waals surface area contributed by atoms with Crippen LogP contribution in [0.1, 0.15) is 36.5 Å². The van der Waals surface area contributed by atoms with E-state index in [4.69, 9.17) is 0 Å². The minimum atomic E-state index is -4.28. The van der Waals surface area contributed by atoms with Crippen LogP contribution in [0.4, 0.5) is 13.2 Å². The molecule has 1 atom stereocenters. The number of hydrogen-bond acceptors (Lipinski definition) is 2. The number of benzene rings is 1. The molecular formula is C17H25F3N2.